The Bertz CT molecular complexity index is 680. The topological polar surface area (TPSA) is 0 Å². The van der Waals surface area contributed by atoms with Crippen LogP contribution >= 0.6 is 0 Å². The van der Waals surface area contributed by atoms with Crippen molar-refractivity contribution in [1.82, 2.24) is 0 Å². The number of benzene rings is 2. The minimum Gasteiger partial charge on any atom is -0.0714 e. The van der Waals surface area contributed by atoms with Crippen molar-refractivity contribution in [2.75, 3.05) is 0 Å². The number of aryl methyl sites for hydroxylation is 1. The third kappa shape index (κ3) is 2.06. The van der Waals surface area contributed by atoms with Crippen molar-refractivity contribution in [3.05, 3.63) is 64.7 Å². The summed E-state index contributed by atoms with van der Waals surface area (Å²) < 4.78 is 0. The van der Waals surface area contributed by atoms with Gasteiger partial charge in [-0.15, -0.1) is 0 Å². The highest BCUT2D eigenvalue weighted by atomic mass is 28.3. The number of allylic oxidation sites excluding steroid dienone is 1. The summed E-state index contributed by atoms with van der Waals surface area (Å²) in [5.74, 6) is 0. The SMILES string of the molecule is CC1=Cc2c(-c3ccccc3C)cccc2C1[SiH](C)C. The van der Waals surface area contributed by atoms with Gasteiger partial charge >= 0.3 is 0 Å². The predicted molar refractivity (Wildman–Crippen MR) is 91.9 cm³/mol. The Labute approximate surface area is 123 Å². The lowest BCUT2D eigenvalue weighted by Crippen LogP contribution is -2.15. The van der Waals surface area contributed by atoms with E-state index in [1.54, 1.807) is 11.1 Å². The smallest absolute Gasteiger partial charge is 0.0439 e. The first-order chi connectivity index (χ1) is 9.59. The van der Waals surface area contributed by atoms with E-state index in [9.17, 15) is 0 Å². The molecule has 1 aliphatic rings. The molecule has 0 radical (unpaired) electrons. The third-order valence-corrected chi connectivity index (χ3v) is 6.66. The second-order valence-electron chi connectivity index (χ2n) is 6.23. The number of rotatable bonds is 2. The molecule has 0 aromatic heterocycles. The fourth-order valence-electron chi connectivity index (χ4n) is 3.57. The minimum atomic E-state index is -0.713. The number of hydrogen-bond donors (Lipinski definition) is 0. The van der Waals surface area contributed by atoms with Crippen LogP contribution in [0.5, 0.6) is 0 Å². The monoisotopic (exact) mass is 278 g/mol. The molecule has 0 N–H and O–H groups in total. The van der Waals surface area contributed by atoms with Crippen LogP contribution in [0.25, 0.3) is 17.2 Å². The van der Waals surface area contributed by atoms with Crippen molar-refractivity contribution in [1.29, 1.82) is 0 Å². The molecule has 20 heavy (non-hydrogen) atoms. The maximum atomic E-state index is 2.46. The highest BCUT2D eigenvalue weighted by Crippen LogP contribution is 2.42. The Morgan fingerprint density at radius 2 is 1.55 bits per heavy atom. The van der Waals surface area contributed by atoms with Crippen molar-refractivity contribution >= 4 is 14.9 Å². The largest absolute Gasteiger partial charge is 0.0714 e. The van der Waals surface area contributed by atoms with Gasteiger partial charge in [0, 0.05) is 8.80 Å². The van der Waals surface area contributed by atoms with E-state index in [2.05, 4.69) is 75.5 Å². The standard InChI is InChI=1S/C19H22Si/c1-13-8-5-6-9-15(13)16-10-7-11-17-18(16)12-14(2)19(17)20(3)4/h5-12,19-20H,1-4H3. The molecule has 102 valence electrons. The van der Waals surface area contributed by atoms with Gasteiger partial charge < -0.3 is 0 Å². The zero-order valence-corrected chi connectivity index (χ0v) is 13.9. The Kier molecular flexibility index (Phi) is 3.39. The molecule has 1 unspecified atom stereocenters. The van der Waals surface area contributed by atoms with Crippen molar-refractivity contribution in [2.24, 2.45) is 0 Å². The van der Waals surface area contributed by atoms with E-state index in [-0.39, 0.29) is 0 Å². The lowest BCUT2D eigenvalue weighted by Gasteiger charge is -2.18. The van der Waals surface area contributed by atoms with Crippen LogP contribution in [0.2, 0.25) is 13.1 Å². The predicted octanol–water partition coefficient (Wildman–Crippen LogP) is 5.19. The van der Waals surface area contributed by atoms with Crippen LogP contribution in [-0.4, -0.2) is 8.80 Å². The minimum absolute atomic E-state index is 0.713. The molecule has 1 atom stereocenters. The molecule has 0 saturated heterocycles. The Hall–Kier alpha value is -1.60. The quantitative estimate of drug-likeness (QED) is 0.663. The Balaban J connectivity index is 2.21. The molecule has 0 aliphatic heterocycles. The van der Waals surface area contributed by atoms with Gasteiger partial charge in [-0.1, -0.05) is 67.2 Å². The number of fused-ring (bicyclic) bond motifs is 1. The highest BCUT2D eigenvalue weighted by molar-refractivity contribution is 6.58. The molecule has 2 aromatic carbocycles. The van der Waals surface area contributed by atoms with E-state index in [0.717, 1.165) is 0 Å². The van der Waals surface area contributed by atoms with Crippen LogP contribution in [0, 0.1) is 6.92 Å². The average Bonchev–Trinajstić information content (AvgIpc) is 2.75. The van der Waals surface area contributed by atoms with E-state index in [4.69, 9.17) is 0 Å². The number of hydrogen-bond acceptors (Lipinski definition) is 0. The summed E-state index contributed by atoms with van der Waals surface area (Å²) in [5.41, 5.74) is 9.43. The van der Waals surface area contributed by atoms with E-state index >= 15 is 0 Å². The summed E-state index contributed by atoms with van der Waals surface area (Å²) in [7, 11) is -0.713. The molecule has 0 saturated carbocycles. The molecule has 0 nitrogen and oxygen atoms in total. The normalized spacial score (nSPS) is 17.2. The van der Waals surface area contributed by atoms with Crippen molar-refractivity contribution in [2.45, 2.75) is 32.5 Å². The lowest BCUT2D eigenvalue weighted by atomic mass is 9.94. The second-order valence-corrected chi connectivity index (χ2v) is 9.39. The van der Waals surface area contributed by atoms with Gasteiger partial charge in [-0.3, -0.25) is 0 Å². The van der Waals surface area contributed by atoms with Gasteiger partial charge in [0.2, 0.25) is 0 Å². The van der Waals surface area contributed by atoms with Crippen LogP contribution in [0.15, 0.2) is 48.0 Å². The molecule has 0 bridgehead atoms. The molecule has 1 aliphatic carbocycles. The first-order valence-corrected chi connectivity index (χ1v) is 10.4. The summed E-state index contributed by atoms with van der Waals surface area (Å²) in [6, 6.07) is 15.5. The van der Waals surface area contributed by atoms with E-state index in [1.807, 2.05) is 0 Å². The summed E-state index contributed by atoms with van der Waals surface area (Å²) in [4.78, 5) is 0. The van der Waals surface area contributed by atoms with Crippen LogP contribution in [0.3, 0.4) is 0 Å². The zero-order valence-electron chi connectivity index (χ0n) is 12.8. The van der Waals surface area contributed by atoms with Gasteiger partial charge in [-0.2, -0.15) is 0 Å². The fraction of sp³-hybridized carbons (Fsp3) is 0.263. The summed E-state index contributed by atoms with van der Waals surface area (Å²) in [6.07, 6.45) is 2.43. The van der Waals surface area contributed by atoms with E-state index in [0.29, 0.717) is 5.54 Å². The highest BCUT2D eigenvalue weighted by Gasteiger charge is 2.27. The molecule has 1 heteroatoms. The molecule has 0 fully saturated rings. The van der Waals surface area contributed by atoms with Crippen LogP contribution in [0.4, 0.5) is 0 Å². The van der Waals surface area contributed by atoms with Gasteiger partial charge in [-0.05, 0) is 47.2 Å². The first-order valence-electron chi connectivity index (χ1n) is 7.46. The summed E-state index contributed by atoms with van der Waals surface area (Å²) >= 11 is 0. The molecular weight excluding hydrogens is 256 g/mol. The molecule has 0 heterocycles. The molecular formula is C19H22Si. The van der Waals surface area contributed by atoms with Gasteiger partial charge in [0.15, 0.2) is 0 Å². The van der Waals surface area contributed by atoms with E-state index < -0.39 is 8.80 Å². The van der Waals surface area contributed by atoms with Gasteiger partial charge in [-0.25, -0.2) is 0 Å². The summed E-state index contributed by atoms with van der Waals surface area (Å²) in [5, 5.41) is 0. The van der Waals surface area contributed by atoms with Gasteiger partial charge in [0.05, 0.1) is 0 Å². The summed E-state index contributed by atoms with van der Waals surface area (Å²) in [6.45, 7) is 9.42. The van der Waals surface area contributed by atoms with Crippen LogP contribution in [0.1, 0.15) is 29.2 Å². The van der Waals surface area contributed by atoms with Crippen molar-refractivity contribution in [3.63, 3.8) is 0 Å². The fourth-order valence-corrected chi connectivity index (χ4v) is 5.73. The van der Waals surface area contributed by atoms with E-state index in [1.165, 1.54) is 22.3 Å². The third-order valence-electron chi connectivity index (χ3n) is 4.44. The van der Waals surface area contributed by atoms with Crippen molar-refractivity contribution in [3.8, 4) is 11.1 Å². The maximum Gasteiger partial charge on any atom is 0.0439 e. The molecule has 3 rings (SSSR count). The van der Waals surface area contributed by atoms with Crippen molar-refractivity contribution < 1.29 is 0 Å². The van der Waals surface area contributed by atoms with Crippen LogP contribution < -0.4 is 0 Å². The molecule has 0 spiro atoms. The Morgan fingerprint density at radius 3 is 2.25 bits per heavy atom. The molecule has 0 amide bonds. The van der Waals surface area contributed by atoms with Gasteiger partial charge in [0.25, 0.3) is 0 Å². The zero-order chi connectivity index (χ0) is 14.3. The Morgan fingerprint density at radius 1 is 0.850 bits per heavy atom. The maximum absolute atomic E-state index is 2.46. The second kappa shape index (κ2) is 5.06. The van der Waals surface area contributed by atoms with Gasteiger partial charge in [0.1, 0.15) is 0 Å². The van der Waals surface area contributed by atoms with Crippen LogP contribution in [-0.2, 0) is 0 Å². The average molecular weight is 278 g/mol. The lowest BCUT2D eigenvalue weighted by molar-refractivity contribution is 1.10. The first kappa shape index (κ1) is 13.4. The molecule has 2 aromatic rings.